The number of carboxylic acid groups (broad SMARTS) is 1. The van der Waals surface area contributed by atoms with Crippen LogP contribution in [0.2, 0.25) is 0 Å². The SMILES string of the molecule is CCCN(C)c1cnn(CC(N)C(=O)O)c(=O)c1. The van der Waals surface area contributed by atoms with Crippen LogP contribution in [-0.4, -0.2) is 40.5 Å². The Balaban J connectivity index is 2.86. The van der Waals surface area contributed by atoms with E-state index in [-0.39, 0.29) is 12.1 Å². The number of anilines is 1. The van der Waals surface area contributed by atoms with E-state index in [1.807, 2.05) is 18.9 Å². The monoisotopic (exact) mass is 254 g/mol. The molecule has 18 heavy (non-hydrogen) atoms. The molecular formula is C11H18N4O3. The lowest BCUT2D eigenvalue weighted by atomic mass is 10.3. The number of carboxylic acids is 1. The third-order valence-electron chi connectivity index (χ3n) is 2.54. The molecule has 7 nitrogen and oxygen atoms in total. The largest absolute Gasteiger partial charge is 0.480 e. The average Bonchev–Trinajstić information content (AvgIpc) is 2.31. The van der Waals surface area contributed by atoms with Gasteiger partial charge in [0.1, 0.15) is 6.04 Å². The molecule has 0 aromatic carbocycles. The van der Waals surface area contributed by atoms with Crippen molar-refractivity contribution in [2.45, 2.75) is 25.9 Å². The van der Waals surface area contributed by atoms with Crippen LogP contribution in [0.4, 0.5) is 5.69 Å². The van der Waals surface area contributed by atoms with E-state index >= 15 is 0 Å². The molecule has 0 fully saturated rings. The summed E-state index contributed by atoms with van der Waals surface area (Å²) in [5, 5.41) is 12.6. The van der Waals surface area contributed by atoms with Crippen LogP contribution in [0.3, 0.4) is 0 Å². The first kappa shape index (κ1) is 14.2. The smallest absolute Gasteiger partial charge is 0.322 e. The Bertz CT molecular complexity index is 472. The molecule has 1 unspecified atom stereocenters. The molecule has 0 aliphatic heterocycles. The van der Waals surface area contributed by atoms with Gasteiger partial charge in [0.2, 0.25) is 0 Å². The highest BCUT2D eigenvalue weighted by molar-refractivity contribution is 5.72. The number of carbonyl (C=O) groups is 1. The van der Waals surface area contributed by atoms with Crippen LogP contribution in [0.1, 0.15) is 13.3 Å². The van der Waals surface area contributed by atoms with Gasteiger partial charge in [-0.25, -0.2) is 4.68 Å². The topological polar surface area (TPSA) is 101 Å². The van der Waals surface area contributed by atoms with Gasteiger partial charge < -0.3 is 15.7 Å². The summed E-state index contributed by atoms with van der Waals surface area (Å²) in [6.45, 7) is 2.72. The molecule has 1 rings (SSSR count). The van der Waals surface area contributed by atoms with Gasteiger partial charge in [0.05, 0.1) is 18.4 Å². The van der Waals surface area contributed by atoms with Gasteiger partial charge in [-0.15, -0.1) is 0 Å². The zero-order valence-electron chi connectivity index (χ0n) is 10.5. The minimum atomic E-state index is -1.16. The molecule has 0 aliphatic rings. The third-order valence-corrected chi connectivity index (χ3v) is 2.54. The predicted molar refractivity (Wildman–Crippen MR) is 67.7 cm³/mol. The zero-order chi connectivity index (χ0) is 13.7. The van der Waals surface area contributed by atoms with Crippen molar-refractivity contribution in [3.63, 3.8) is 0 Å². The Labute approximate surface area is 105 Å². The molecule has 0 saturated carbocycles. The molecule has 1 heterocycles. The predicted octanol–water partition coefficient (Wildman–Crippen LogP) is -0.499. The van der Waals surface area contributed by atoms with Crippen molar-refractivity contribution in [1.82, 2.24) is 9.78 Å². The van der Waals surface area contributed by atoms with Crippen molar-refractivity contribution in [3.05, 3.63) is 22.6 Å². The first-order valence-corrected chi connectivity index (χ1v) is 5.72. The maximum Gasteiger partial charge on any atom is 0.322 e. The molecule has 1 aromatic heterocycles. The van der Waals surface area contributed by atoms with Crippen LogP contribution in [0.5, 0.6) is 0 Å². The van der Waals surface area contributed by atoms with Gasteiger partial charge in [0, 0.05) is 19.7 Å². The minimum Gasteiger partial charge on any atom is -0.480 e. The van der Waals surface area contributed by atoms with E-state index in [0.717, 1.165) is 17.6 Å². The van der Waals surface area contributed by atoms with Crippen molar-refractivity contribution in [2.75, 3.05) is 18.5 Å². The molecule has 1 aromatic rings. The fourth-order valence-corrected chi connectivity index (χ4v) is 1.50. The number of hydrogen-bond donors (Lipinski definition) is 2. The molecule has 3 N–H and O–H groups in total. The quantitative estimate of drug-likeness (QED) is 0.709. The van der Waals surface area contributed by atoms with Crippen LogP contribution in [0.15, 0.2) is 17.1 Å². The Kier molecular flexibility index (Phi) is 4.85. The van der Waals surface area contributed by atoms with Crippen LogP contribution >= 0.6 is 0 Å². The van der Waals surface area contributed by atoms with Crippen molar-refractivity contribution in [2.24, 2.45) is 5.73 Å². The van der Waals surface area contributed by atoms with Gasteiger partial charge in [0.15, 0.2) is 0 Å². The van der Waals surface area contributed by atoms with E-state index in [9.17, 15) is 9.59 Å². The number of nitrogens with zero attached hydrogens (tertiary/aromatic N) is 3. The summed E-state index contributed by atoms with van der Waals surface area (Å²) in [5.74, 6) is -1.16. The maximum atomic E-state index is 11.7. The van der Waals surface area contributed by atoms with Crippen molar-refractivity contribution < 1.29 is 9.90 Å². The normalized spacial score (nSPS) is 12.2. The Morgan fingerprint density at radius 1 is 1.67 bits per heavy atom. The lowest BCUT2D eigenvalue weighted by Gasteiger charge is -2.18. The fourth-order valence-electron chi connectivity index (χ4n) is 1.50. The molecule has 7 heteroatoms. The van der Waals surface area contributed by atoms with E-state index < -0.39 is 12.0 Å². The summed E-state index contributed by atoms with van der Waals surface area (Å²) >= 11 is 0. The molecule has 1 atom stereocenters. The first-order valence-electron chi connectivity index (χ1n) is 5.72. The standard InChI is InChI=1S/C11H18N4O3/c1-3-4-14(2)8-5-10(16)15(13-6-8)7-9(12)11(17)18/h5-6,9H,3-4,7,12H2,1-2H3,(H,17,18). The Morgan fingerprint density at radius 2 is 2.33 bits per heavy atom. The molecule has 0 saturated heterocycles. The van der Waals surface area contributed by atoms with Crippen LogP contribution in [-0.2, 0) is 11.3 Å². The van der Waals surface area contributed by atoms with Gasteiger partial charge >= 0.3 is 5.97 Å². The molecule has 0 bridgehead atoms. The Hall–Kier alpha value is -1.89. The molecular weight excluding hydrogens is 236 g/mol. The number of rotatable bonds is 6. The van der Waals surface area contributed by atoms with E-state index in [1.165, 1.54) is 12.3 Å². The molecule has 0 spiro atoms. The van der Waals surface area contributed by atoms with Crippen LogP contribution < -0.4 is 16.2 Å². The van der Waals surface area contributed by atoms with Gasteiger partial charge in [-0.3, -0.25) is 9.59 Å². The summed E-state index contributed by atoms with van der Waals surface area (Å²) in [7, 11) is 1.87. The number of aliphatic carboxylic acids is 1. The second-order valence-electron chi connectivity index (χ2n) is 4.10. The van der Waals surface area contributed by atoms with Crippen molar-refractivity contribution in [1.29, 1.82) is 0 Å². The maximum absolute atomic E-state index is 11.7. The minimum absolute atomic E-state index is 0.133. The Morgan fingerprint density at radius 3 is 2.83 bits per heavy atom. The van der Waals surface area contributed by atoms with E-state index in [4.69, 9.17) is 10.8 Å². The second kappa shape index (κ2) is 6.15. The second-order valence-corrected chi connectivity index (χ2v) is 4.10. The number of hydrogen-bond acceptors (Lipinski definition) is 5. The average molecular weight is 254 g/mol. The van der Waals surface area contributed by atoms with Crippen LogP contribution in [0.25, 0.3) is 0 Å². The summed E-state index contributed by atoms with van der Waals surface area (Å²) in [6, 6.07) is 0.298. The van der Waals surface area contributed by atoms with Gasteiger partial charge in [-0.1, -0.05) is 6.92 Å². The lowest BCUT2D eigenvalue weighted by molar-refractivity contribution is -0.138. The van der Waals surface area contributed by atoms with Gasteiger partial charge in [-0.2, -0.15) is 5.10 Å². The lowest BCUT2D eigenvalue weighted by Crippen LogP contribution is -2.39. The first-order chi connectivity index (χ1) is 8.45. The molecule has 0 radical (unpaired) electrons. The fraction of sp³-hybridized carbons (Fsp3) is 0.545. The zero-order valence-corrected chi connectivity index (χ0v) is 10.5. The van der Waals surface area contributed by atoms with E-state index in [2.05, 4.69) is 5.10 Å². The van der Waals surface area contributed by atoms with E-state index in [0.29, 0.717) is 5.69 Å². The third kappa shape index (κ3) is 3.56. The summed E-state index contributed by atoms with van der Waals surface area (Å²) in [5.41, 5.74) is 5.71. The van der Waals surface area contributed by atoms with Crippen LogP contribution in [0, 0.1) is 0 Å². The number of nitrogens with two attached hydrogens (primary N) is 1. The summed E-state index contributed by atoms with van der Waals surface area (Å²) in [4.78, 5) is 24.2. The van der Waals surface area contributed by atoms with E-state index in [1.54, 1.807) is 0 Å². The highest BCUT2D eigenvalue weighted by atomic mass is 16.4. The summed E-state index contributed by atoms with van der Waals surface area (Å²) < 4.78 is 1.06. The van der Waals surface area contributed by atoms with Crippen molar-refractivity contribution >= 4 is 11.7 Å². The summed E-state index contributed by atoms with van der Waals surface area (Å²) in [6.07, 6.45) is 2.50. The number of aromatic nitrogens is 2. The molecule has 100 valence electrons. The van der Waals surface area contributed by atoms with Gasteiger partial charge in [-0.05, 0) is 6.42 Å². The highest BCUT2D eigenvalue weighted by Crippen LogP contribution is 2.06. The highest BCUT2D eigenvalue weighted by Gasteiger charge is 2.14. The van der Waals surface area contributed by atoms with Gasteiger partial charge in [0.25, 0.3) is 5.56 Å². The molecule has 0 amide bonds. The van der Waals surface area contributed by atoms with Crippen molar-refractivity contribution in [3.8, 4) is 0 Å². The molecule has 0 aliphatic carbocycles.